The van der Waals surface area contributed by atoms with Crippen molar-refractivity contribution in [3.8, 4) is 0 Å². The highest BCUT2D eigenvalue weighted by Gasteiger charge is 2.19. The van der Waals surface area contributed by atoms with Gasteiger partial charge in [0.2, 0.25) is 0 Å². The average Bonchev–Trinajstić information content (AvgIpc) is 3.17. The molecule has 0 aliphatic rings. The predicted molar refractivity (Wildman–Crippen MR) is 234 cm³/mol. The Morgan fingerprint density at radius 2 is 0.737 bits per heavy atom. The molecule has 0 radical (unpaired) electrons. The van der Waals surface area contributed by atoms with Crippen LogP contribution in [0.5, 0.6) is 0 Å². The van der Waals surface area contributed by atoms with E-state index in [1.54, 1.807) is 0 Å². The lowest BCUT2D eigenvalue weighted by molar-refractivity contribution is -0.160. The summed E-state index contributed by atoms with van der Waals surface area (Å²) in [6.07, 6.45) is 32.5. The molecule has 2 atom stereocenters. The van der Waals surface area contributed by atoms with Crippen LogP contribution in [0.2, 0.25) is 0 Å². The van der Waals surface area contributed by atoms with Crippen LogP contribution in [0.3, 0.4) is 0 Å². The van der Waals surface area contributed by atoms with Gasteiger partial charge in [-0.2, -0.15) is 0 Å². The maximum Gasteiger partial charge on any atom is 0.306 e. The van der Waals surface area contributed by atoms with E-state index in [1.807, 2.05) is 25.9 Å². The molecule has 0 aromatic heterocycles. The number of esters is 4. The Morgan fingerprint density at radius 3 is 1.16 bits per heavy atom. The Balaban J connectivity index is 4.22. The van der Waals surface area contributed by atoms with Crippen LogP contribution in [0.15, 0.2) is 0 Å². The Kier molecular flexibility index (Phi) is 39.1. The highest BCUT2D eigenvalue weighted by atomic mass is 16.6. The second kappa shape index (κ2) is 40.6. The molecule has 0 aromatic carbocycles. The summed E-state index contributed by atoms with van der Waals surface area (Å²) in [7, 11) is 3.79. The number of ether oxygens (including phenoxy) is 4. The quantitative estimate of drug-likeness (QED) is 0.0338. The van der Waals surface area contributed by atoms with Gasteiger partial charge in [-0.3, -0.25) is 19.2 Å². The van der Waals surface area contributed by atoms with E-state index in [2.05, 4.69) is 20.8 Å². The Hall–Kier alpha value is -2.16. The first-order chi connectivity index (χ1) is 27.6. The summed E-state index contributed by atoms with van der Waals surface area (Å²) >= 11 is 0. The summed E-state index contributed by atoms with van der Waals surface area (Å²) in [6.45, 7) is 9.18. The van der Waals surface area contributed by atoms with Gasteiger partial charge in [-0.25, -0.2) is 0 Å². The number of rotatable bonds is 42. The van der Waals surface area contributed by atoms with E-state index in [4.69, 9.17) is 18.9 Å². The van der Waals surface area contributed by atoms with Crippen LogP contribution in [-0.4, -0.2) is 74.3 Å². The lowest BCUT2D eigenvalue weighted by Crippen LogP contribution is -2.34. The second-order valence-electron chi connectivity index (χ2n) is 17.0. The van der Waals surface area contributed by atoms with Crippen LogP contribution in [0.4, 0.5) is 0 Å². The van der Waals surface area contributed by atoms with Gasteiger partial charge < -0.3 is 23.8 Å². The second-order valence-corrected chi connectivity index (χ2v) is 17.0. The molecular weight excluding hydrogens is 719 g/mol. The van der Waals surface area contributed by atoms with E-state index in [0.29, 0.717) is 45.1 Å². The Bertz CT molecular complexity index is 941. The number of hydrogen-bond donors (Lipinski definition) is 0. The lowest BCUT2D eigenvalue weighted by atomic mass is 10.0. The minimum absolute atomic E-state index is 0.0290. The highest BCUT2D eigenvalue weighted by molar-refractivity contribution is 5.71. The average molecular weight is 810 g/mol. The fourth-order valence-electron chi connectivity index (χ4n) is 7.18. The summed E-state index contributed by atoms with van der Waals surface area (Å²) in [6, 6.07) is 0. The van der Waals surface area contributed by atoms with Crippen molar-refractivity contribution in [3.05, 3.63) is 0 Å². The van der Waals surface area contributed by atoms with Gasteiger partial charge >= 0.3 is 23.9 Å². The van der Waals surface area contributed by atoms with E-state index >= 15 is 0 Å². The van der Waals surface area contributed by atoms with Gasteiger partial charge in [0.05, 0.1) is 6.10 Å². The smallest absolute Gasteiger partial charge is 0.306 e. The molecule has 0 heterocycles. The number of hydrogen-bond acceptors (Lipinski definition) is 9. The zero-order valence-electron chi connectivity index (χ0n) is 38.2. The van der Waals surface area contributed by atoms with E-state index in [9.17, 15) is 19.2 Å². The van der Waals surface area contributed by atoms with Crippen molar-refractivity contribution in [3.63, 3.8) is 0 Å². The summed E-state index contributed by atoms with van der Waals surface area (Å²) in [5, 5.41) is 0. The van der Waals surface area contributed by atoms with Gasteiger partial charge in [-0.15, -0.1) is 0 Å². The van der Waals surface area contributed by atoms with Crippen LogP contribution in [0.25, 0.3) is 0 Å². The molecule has 0 bridgehead atoms. The van der Waals surface area contributed by atoms with Crippen molar-refractivity contribution in [2.75, 3.05) is 27.2 Å². The highest BCUT2D eigenvalue weighted by Crippen LogP contribution is 2.19. The van der Waals surface area contributed by atoms with Crippen molar-refractivity contribution in [1.29, 1.82) is 0 Å². The standard InChI is InChI=1S/C48H91NO8/c1-7-10-13-16-19-26-33-42(4)55-46(51)37-30-24-25-32-39-48(53)57-44(40-49(5)6)41-54-45(50)36-29-22-23-31-38-47(52)56-43(34-27-20-17-14-11-8-2)35-28-21-18-15-12-9-3/h42-44H,7-41H2,1-6H3. The molecule has 0 spiro atoms. The maximum atomic E-state index is 12.7. The molecule has 57 heavy (non-hydrogen) atoms. The topological polar surface area (TPSA) is 108 Å². The van der Waals surface area contributed by atoms with Crippen molar-refractivity contribution < 1.29 is 38.1 Å². The molecule has 0 N–H and O–H groups in total. The molecule has 0 saturated heterocycles. The summed E-state index contributed by atoms with van der Waals surface area (Å²) in [5.74, 6) is -0.807. The van der Waals surface area contributed by atoms with Crippen molar-refractivity contribution in [2.45, 2.75) is 258 Å². The lowest BCUT2D eigenvalue weighted by Gasteiger charge is -2.21. The zero-order chi connectivity index (χ0) is 42.2. The van der Waals surface area contributed by atoms with Gasteiger partial charge in [0.15, 0.2) is 0 Å². The largest absolute Gasteiger partial charge is 0.463 e. The molecular formula is C48H91NO8. The number of carbonyl (C=O) groups excluding carboxylic acids is 4. The molecule has 0 amide bonds. The molecule has 0 saturated carbocycles. The molecule has 2 unspecified atom stereocenters. The van der Waals surface area contributed by atoms with Gasteiger partial charge in [0.1, 0.15) is 18.8 Å². The first-order valence-electron chi connectivity index (χ1n) is 24.0. The first-order valence-corrected chi connectivity index (χ1v) is 24.0. The third kappa shape index (κ3) is 39.1. The molecule has 9 heteroatoms. The number of unbranched alkanes of at least 4 members (excludes halogenated alkanes) is 21. The van der Waals surface area contributed by atoms with Gasteiger partial charge in [0.25, 0.3) is 0 Å². The summed E-state index contributed by atoms with van der Waals surface area (Å²) < 4.78 is 22.7. The Labute approximate surface area is 351 Å². The third-order valence-electron chi connectivity index (χ3n) is 10.7. The Morgan fingerprint density at radius 1 is 0.404 bits per heavy atom. The van der Waals surface area contributed by atoms with Crippen LogP contribution in [0, 0.1) is 0 Å². The van der Waals surface area contributed by atoms with E-state index in [-0.39, 0.29) is 42.7 Å². The minimum Gasteiger partial charge on any atom is -0.463 e. The molecule has 0 aliphatic heterocycles. The third-order valence-corrected chi connectivity index (χ3v) is 10.7. The van der Waals surface area contributed by atoms with E-state index < -0.39 is 6.10 Å². The molecule has 0 aliphatic carbocycles. The van der Waals surface area contributed by atoms with Crippen LogP contribution in [0.1, 0.15) is 240 Å². The SMILES string of the molecule is CCCCCCCCC(C)OC(=O)CCCCCCC(=O)OC(COC(=O)CCCCCCC(=O)OC(CCCCCCCC)CCCCCCCC)CN(C)C. The van der Waals surface area contributed by atoms with Gasteiger partial charge in [0, 0.05) is 32.2 Å². The number of carbonyl (C=O) groups is 4. The fourth-order valence-corrected chi connectivity index (χ4v) is 7.18. The van der Waals surface area contributed by atoms with E-state index in [0.717, 1.165) is 77.0 Å². The van der Waals surface area contributed by atoms with Crippen molar-refractivity contribution in [2.24, 2.45) is 0 Å². The van der Waals surface area contributed by atoms with Crippen molar-refractivity contribution >= 4 is 23.9 Å². The van der Waals surface area contributed by atoms with Gasteiger partial charge in [-0.05, 0) is 85.2 Å². The molecule has 336 valence electrons. The monoisotopic (exact) mass is 810 g/mol. The first kappa shape index (κ1) is 54.8. The van der Waals surface area contributed by atoms with Crippen LogP contribution < -0.4 is 0 Å². The summed E-state index contributed by atoms with van der Waals surface area (Å²) in [4.78, 5) is 51.9. The fraction of sp³-hybridized carbons (Fsp3) is 0.917. The van der Waals surface area contributed by atoms with Crippen LogP contribution >= 0.6 is 0 Å². The molecule has 0 fully saturated rings. The number of nitrogens with zero attached hydrogens (tertiary/aromatic N) is 1. The minimum atomic E-state index is -0.526. The van der Waals surface area contributed by atoms with Crippen LogP contribution in [-0.2, 0) is 38.1 Å². The molecule has 0 aromatic rings. The predicted octanol–water partition coefficient (Wildman–Crippen LogP) is 12.8. The van der Waals surface area contributed by atoms with Gasteiger partial charge in [-0.1, -0.05) is 143 Å². The summed E-state index contributed by atoms with van der Waals surface area (Å²) in [5.41, 5.74) is 0. The molecule has 0 rings (SSSR count). The van der Waals surface area contributed by atoms with Crippen molar-refractivity contribution in [1.82, 2.24) is 4.90 Å². The zero-order valence-corrected chi connectivity index (χ0v) is 38.2. The maximum absolute atomic E-state index is 12.7. The normalized spacial score (nSPS) is 12.5. The molecule has 9 nitrogen and oxygen atoms in total. The number of likely N-dealkylation sites (N-methyl/N-ethyl adjacent to an activating group) is 1. The van der Waals surface area contributed by atoms with E-state index in [1.165, 1.54) is 96.3 Å².